The molecule has 0 spiro atoms. The number of amides is 1. The van der Waals surface area contributed by atoms with Gasteiger partial charge in [0.05, 0.1) is 6.42 Å². The van der Waals surface area contributed by atoms with Gasteiger partial charge in [0.1, 0.15) is 0 Å². The lowest BCUT2D eigenvalue weighted by molar-refractivity contribution is -0.120. The van der Waals surface area contributed by atoms with Crippen molar-refractivity contribution < 1.29 is 4.79 Å². The summed E-state index contributed by atoms with van der Waals surface area (Å²) >= 11 is 1.10. The first-order valence-corrected chi connectivity index (χ1v) is 7.46. The summed E-state index contributed by atoms with van der Waals surface area (Å²) in [5, 5.41) is 4.49. The highest BCUT2D eigenvalue weighted by Gasteiger charge is 2.10. The van der Waals surface area contributed by atoms with Crippen molar-refractivity contribution in [2.45, 2.75) is 26.7 Å². The van der Waals surface area contributed by atoms with E-state index in [9.17, 15) is 14.4 Å². The summed E-state index contributed by atoms with van der Waals surface area (Å²) < 4.78 is 0. The molecular weight excluding hydrogens is 290 g/mol. The Morgan fingerprint density at radius 1 is 1.29 bits per heavy atom. The van der Waals surface area contributed by atoms with Crippen molar-refractivity contribution in [2.24, 2.45) is 0 Å². The van der Waals surface area contributed by atoms with Gasteiger partial charge in [-0.05, 0) is 25.5 Å². The predicted octanol–water partition coefficient (Wildman–Crippen LogP) is 0.643. The molecule has 0 fully saturated rings. The molecule has 7 heteroatoms. The Morgan fingerprint density at radius 2 is 2.05 bits per heavy atom. The van der Waals surface area contributed by atoms with E-state index in [1.807, 2.05) is 13.0 Å². The first-order valence-electron chi connectivity index (χ1n) is 6.58. The summed E-state index contributed by atoms with van der Waals surface area (Å²) in [7, 11) is 0. The van der Waals surface area contributed by atoms with E-state index in [-0.39, 0.29) is 22.8 Å². The quantitative estimate of drug-likeness (QED) is 0.756. The number of carbonyl (C=O) groups is 1. The maximum absolute atomic E-state index is 11.9. The van der Waals surface area contributed by atoms with Crippen molar-refractivity contribution in [3.05, 3.63) is 54.0 Å². The summed E-state index contributed by atoms with van der Waals surface area (Å²) in [5.41, 5.74) is 2.66. The molecule has 0 aliphatic carbocycles. The Bertz CT molecular complexity index is 757. The van der Waals surface area contributed by atoms with E-state index in [4.69, 9.17) is 0 Å². The van der Waals surface area contributed by atoms with Crippen LogP contribution in [0.5, 0.6) is 0 Å². The Hall–Kier alpha value is -2.15. The van der Waals surface area contributed by atoms with Crippen LogP contribution < -0.4 is 15.7 Å². The Labute approximate surface area is 125 Å². The van der Waals surface area contributed by atoms with E-state index < -0.39 is 0 Å². The van der Waals surface area contributed by atoms with Crippen molar-refractivity contribution in [2.75, 3.05) is 6.54 Å². The van der Waals surface area contributed by atoms with Gasteiger partial charge in [-0.25, -0.2) is 0 Å². The second-order valence-electron chi connectivity index (χ2n) is 4.89. The number of rotatable bonds is 5. The standard InChI is InChI=1S/C14H17N3O3S/c1-8-5-9(2)16-13(19)11(8)6-12(18)15-4-3-10-7-21-14(20)17-10/h5,7H,3-4,6H2,1-2H3,(H,15,18)(H,16,19)(H,17,20). The summed E-state index contributed by atoms with van der Waals surface area (Å²) in [6.07, 6.45) is 0.620. The van der Waals surface area contributed by atoms with Crippen LogP contribution in [-0.4, -0.2) is 22.4 Å². The van der Waals surface area contributed by atoms with Crippen LogP contribution in [0.2, 0.25) is 0 Å². The minimum absolute atomic E-state index is 0.0571. The van der Waals surface area contributed by atoms with E-state index in [1.54, 1.807) is 12.3 Å². The van der Waals surface area contributed by atoms with Crippen LogP contribution in [0.1, 0.15) is 22.5 Å². The third-order valence-corrected chi connectivity index (χ3v) is 3.84. The molecule has 6 nitrogen and oxygen atoms in total. The monoisotopic (exact) mass is 307 g/mol. The zero-order valence-electron chi connectivity index (χ0n) is 11.9. The van der Waals surface area contributed by atoms with Gasteiger partial charge in [-0.15, -0.1) is 0 Å². The molecule has 112 valence electrons. The molecule has 21 heavy (non-hydrogen) atoms. The molecule has 0 radical (unpaired) electrons. The van der Waals surface area contributed by atoms with Gasteiger partial charge in [-0.2, -0.15) is 0 Å². The molecule has 0 aromatic carbocycles. The van der Waals surface area contributed by atoms with Gasteiger partial charge in [0.2, 0.25) is 5.91 Å². The zero-order valence-corrected chi connectivity index (χ0v) is 12.7. The highest BCUT2D eigenvalue weighted by atomic mass is 32.1. The van der Waals surface area contributed by atoms with E-state index in [0.717, 1.165) is 28.3 Å². The first-order chi connectivity index (χ1) is 9.95. The predicted molar refractivity (Wildman–Crippen MR) is 81.9 cm³/mol. The maximum Gasteiger partial charge on any atom is 0.304 e. The molecule has 2 aromatic heterocycles. The third-order valence-electron chi connectivity index (χ3n) is 3.12. The summed E-state index contributed by atoms with van der Waals surface area (Å²) in [5.74, 6) is -0.204. The summed E-state index contributed by atoms with van der Waals surface area (Å²) in [6.45, 7) is 4.05. The van der Waals surface area contributed by atoms with E-state index in [1.165, 1.54) is 0 Å². The lowest BCUT2D eigenvalue weighted by atomic mass is 10.1. The number of nitrogens with one attached hydrogen (secondary N) is 3. The van der Waals surface area contributed by atoms with Gasteiger partial charge in [0, 0.05) is 35.3 Å². The second kappa shape index (κ2) is 6.53. The molecule has 2 rings (SSSR count). The van der Waals surface area contributed by atoms with Crippen molar-refractivity contribution in [1.82, 2.24) is 15.3 Å². The number of thiazole rings is 1. The number of aromatic nitrogens is 2. The SMILES string of the molecule is Cc1cc(C)c(CC(=O)NCCc2csc(=O)[nH]2)c(=O)[nH]1. The lowest BCUT2D eigenvalue weighted by Crippen LogP contribution is -2.30. The number of hydrogen-bond acceptors (Lipinski definition) is 4. The number of hydrogen-bond donors (Lipinski definition) is 3. The van der Waals surface area contributed by atoms with Crippen LogP contribution >= 0.6 is 11.3 Å². The molecule has 1 amide bonds. The minimum atomic E-state index is -0.218. The zero-order chi connectivity index (χ0) is 15.4. The fraction of sp³-hybridized carbons (Fsp3) is 0.357. The fourth-order valence-electron chi connectivity index (χ4n) is 2.10. The molecule has 0 aliphatic rings. The average molecular weight is 307 g/mol. The number of carbonyl (C=O) groups excluding carboxylic acids is 1. The highest BCUT2D eigenvalue weighted by Crippen LogP contribution is 2.04. The normalized spacial score (nSPS) is 10.6. The topological polar surface area (TPSA) is 94.8 Å². The van der Waals surface area contributed by atoms with Gasteiger partial charge in [0.15, 0.2) is 0 Å². The highest BCUT2D eigenvalue weighted by molar-refractivity contribution is 7.07. The van der Waals surface area contributed by atoms with Crippen molar-refractivity contribution in [3.63, 3.8) is 0 Å². The van der Waals surface area contributed by atoms with Gasteiger partial charge in [0.25, 0.3) is 5.56 Å². The smallest absolute Gasteiger partial charge is 0.304 e. The third kappa shape index (κ3) is 4.16. The van der Waals surface area contributed by atoms with Crippen LogP contribution in [0.25, 0.3) is 0 Å². The van der Waals surface area contributed by atoms with Gasteiger partial charge in [-0.1, -0.05) is 11.3 Å². The molecule has 3 N–H and O–H groups in total. The van der Waals surface area contributed by atoms with Gasteiger partial charge in [-0.3, -0.25) is 14.4 Å². The van der Waals surface area contributed by atoms with E-state index in [2.05, 4.69) is 15.3 Å². The number of pyridine rings is 1. The average Bonchev–Trinajstić information content (AvgIpc) is 2.79. The largest absolute Gasteiger partial charge is 0.355 e. The molecule has 0 saturated carbocycles. The Morgan fingerprint density at radius 3 is 2.67 bits per heavy atom. The fourth-order valence-corrected chi connectivity index (χ4v) is 2.71. The molecule has 0 unspecified atom stereocenters. The molecule has 0 bridgehead atoms. The summed E-state index contributed by atoms with van der Waals surface area (Å²) in [4.78, 5) is 39.9. The molecule has 0 saturated heterocycles. The van der Waals surface area contributed by atoms with E-state index in [0.29, 0.717) is 18.5 Å². The van der Waals surface area contributed by atoms with Crippen LogP contribution in [0.15, 0.2) is 21.0 Å². The molecular formula is C14H17N3O3S. The van der Waals surface area contributed by atoms with Crippen molar-refractivity contribution >= 4 is 17.2 Å². The molecule has 2 aromatic rings. The van der Waals surface area contributed by atoms with Gasteiger partial charge < -0.3 is 15.3 Å². The number of aryl methyl sites for hydroxylation is 2. The lowest BCUT2D eigenvalue weighted by Gasteiger charge is -2.07. The van der Waals surface area contributed by atoms with Crippen LogP contribution in [0, 0.1) is 13.8 Å². The number of aromatic amines is 2. The van der Waals surface area contributed by atoms with Crippen LogP contribution in [-0.2, 0) is 17.6 Å². The van der Waals surface area contributed by atoms with Crippen LogP contribution in [0.3, 0.4) is 0 Å². The maximum atomic E-state index is 11.9. The summed E-state index contributed by atoms with van der Waals surface area (Å²) in [6, 6.07) is 1.85. The first kappa shape index (κ1) is 15.2. The Kier molecular flexibility index (Phi) is 4.74. The molecule has 2 heterocycles. The molecule has 0 aliphatic heterocycles. The van der Waals surface area contributed by atoms with Crippen molar-refractivity contribution in [3.8, 4) is 0 Å². The van der Waals surface area contributed by atoms with Gasteiger partial charge >= 0.3 is 4.87 Å². The minimum Gasteiger partial charge on any atom is -0.355 e. The Balaban J connectivity index is 1.90. The second-order valence-corrected chi connectivity index (χ2v) is 5.74. The molecule has 0 atom stereocenters. The van der Waals surface area contributed by atoms with E-state index >= 15 is 0 Å². The number of H-pyrrole nitrogens is 2. The van der Waals surface area contributed by atoms with Crippen LogP contribution in [0.4, 0.5) is 0 Å². The van der Waals surface area contributed by atoms with Crippen molar-refractivity contribution in [1.29, 1.82) is 0 Å².